The van der Waals surface area contributed by atoms with E-state index in [9.17, 15) is 0 Å². The average Bonchev–Trinajstić information content (AvgIpc) is 2.39. The van der Waals surface area contributed by atoms with Crippen molar-refractivity contribution in [3.8, 4) is 0 Å². The van der Waals surface area contributed by atoms with Gasteiger partial charge >= 0.3 is 0 Å². The van der Waals surface area contributed by atoms with E-state index in [4.69, 9.17) is 5.73 Å². The van der Waals surface area contributed by atoms with Gasteiger partial charge in [-0.15, -0.1) is 0 Å². The summed E-state index contributed by atoms with van der Waals surface area (Å²) in [7, 11) is 0. The lowest BCUT2D eigenvalue weighted by Crippen LogP contribution is -2.34. The molecule has 1 atom stereocenters. The van der Waals surface area contributed by atoms with Crippen LogP contribution in [0.5, 0.6) is 0 Å². The Morgan fingerprint density at radius 3 is 2.26 bits per heavy atom. The van der Waals surface area contributed by atoms with Crippen molar-refractivity contribution in [2.45, 2.75) is 39.2 Å². The Morgan fingerprint density at radius 2 is 1.63 bits per heavy atom. The van der Waals surface area contributed by atoms with E-state index in [1.165, 1.54) is 22.3 Å². The molecule has 2 aromatic rings. The van der Waals surface area contributed by atoms with Crippen LogP contribution in [0.15, 0.2) is 48.5 Å². The molecule has 2 aromatic carbocycles. The third-order valence-electron chi connectivity index (χ3n) is 3.68. The standard InChI is InChI=1S/C18H23N/c1-4-7-15-9-6-11-17(13-15)18(3,19)16-10-5-8-14(2)12-16/h5-6,8-13H,4,7,19H2,1-3H3. The molecule has 0 aliphatic carbocycles. The van der Waals surface area contributed by atoms with Gasteiger partial charge in [-0.3, -0.25) is 0 Å². The smallest absolute Gasteiger partial charge is 0.0637 e. The highest BCUT2D eigenvalue weighted by Gasteiger charge is 2.23. The Kier molecular flexibility index (Phi) is 4.06. The molecule has 1 heteroatoms. The molecule has 100 valence electrons. The maximum Gasteiger partial charge on any atom is 0.0637 e. The molecule has 0 fully saturated rings. The zero-order valence-electron chi connectivity index (χ0n) is 12.1. The summed E-state index contributed by atoms with van der Waals surface area (Å²) in [6, 6.07) is 17.1. The predicted octanol–water partition coefficient (Wildman–Crippen LogP) is 4.17. The summed E-state index contributed by atoms with van der Waals surface area (Å²) >= 11 is 0. The van der Waals surface area contributed by atoms with Crippen LogP contribution in [-0.2, 0) is 12.0 Å². The summed E-state index contributed by atoms with van der Waals surface area (Å²) in [5.41, 5.74) is 11.1. The summed E-state index contributed by atoms with van der Waals surface area (Å²) in [5, 5.41) is 0. The van der Waals surface area contributed by atoms with Gasteiger partial charge in [-0.05, 0) is 37.0 Å². The number of rotatable bonds is 4. The van der Waals surface area contributed by atoms with Gasteiger partial charge in [-0.1, -0.05) is 67.4 Å². The van der Waals surface area contributed by atoms with Crippen LogP contribution in [0.3, 0.4) is 0 Å². The largest absolute Gasteiger partial charge is 0.318 e. The fourth-order valence-electron chi connectivity index (χ4n) is 2.47. The van der Waals surface area contributed by atoms with Crippen molar-refractivity contribution in [2.24, 2.45) is 5.73 Å². The van der Waals surface area contributed by atoms with Gasteiger partial charge in [0.15, 0.2) is 0 Å². The van der Waals surface area contributed by atoms with Crippen molar-refractivity contribution in [2.75, 3.05) is 0 Å². The minimum Gasteiger partial charge on any atom is -0.318 e. The molecule has 0 heterocycles. The van der Waals surface area contributed by atoms with E-state index in [2.05, 4.69) is 69.3 Å². The number of hydrogen-bond donors (Lipinski definition) is 1. The van der Waals surface area contributed by atoms with E-state index in [-0.39, 0.29) is 0 Å². The van der Waals surface area contributed by atoms with Gasteiger partial charge in [-0.2, -0.15) is 0 Å². The van der Waals surface area contributed by atoms with Crippen LogP contribution in [0.2, 0.25) is 0 Å². The molecular formula is C18H23N. The number of aryl methyl sites for hydroxylation is 2. The first-order chi connectivity index (χ1) is 9.04. The minimum atomic E-state index is -0.435. The number of hydrogen-bond acceptors (Lipinski definition) is 1. The number of benzene rings is 2. The van der Waals surface area contributed by atoms with Crippen LogP contribution in [0.1, 0.15) is 42.5 Å². The van der Waals surface area contributed by atoms with Crippen LogP contribution in [-0.4, -0.2) is 0 Å². The average molecular weight is 253 g/mol. The Bertz CT molecular complexity index is 555. The van der Waals surface area contributed by atoms with Crippen molar-refractivity contribution in [1.29, 1.82) is 0 Å². The van der Waals surface area contributed by atoms with E-state index < -0.39 is 5.54 Å². The molecule has 0 amide bonds. The monoisotopic (exact) mass is 253 g/mol. The molecule has 0 aliphatic heterocycles. The second kappa shape index (κ2) is 5.58. The minimum absolute atomic E-state index is 0.435. The van der Waals surface area contributed by atoms with Gasteiger partial charge in [0, 0.05) is 0 Å². The van der Waals surface area contributed by atoms with Crippen LogP contribution >= 0.6 is 0 Å². The molecule has 2 N–H and O–H groups in total. The lowest BCUT2D eigenvalue weighted by molar-refractivity contribution is 0.601. The zero-order chi connectivity index (χ0) is 13.9. The lowest BCUT2D eigenvalue weighted by Gasteiger charge is -2.27. The van der Waals surface area contributed by atoms with Gasteiger partial charge in [0.25, 0.3) is 0 Å². The Hall–Kier alpha value is -1.60. The molecule has 2 rings (SSSR count). The van der Waals surface area contributed by atoms with Crippen molar-refractivity contribution in [3.63, 3.8) is 0 Å². The van der Waals surface area contributed by atoms with Gasteiger partial charge in [0.05, 0.1) is 5.54 Å². The Labute approximate surface area is 116 Å². The maximum atomic E-state index is 6.59. The highest BCUT2D eigenvalue weighted by Crippen LogP contribution is 2.27. The summed E-state index contributed by atoms with van der Waals surface area (Å²) in [5.74, 6) is 0. The Balaban J connectivity index is 2.41. The molecule has 0 saturated carbocycles. The zero-order valence-corrected chi connectivity index (χ0v) is 12.1. The summed E-state index contributed by atoms with van der Waals surface area (Å²) in [4.78, 5) is 0. The van der Waals surface area contributed by atoms with Gasteiger partial charge in [0.2, 0.25) is 0 Å². The van der Waals surface area contributed by atoms with Crippen molar-refractivity contribution in [3.05, 3.63) is 70.8 Å². The molecular weight excluding hydrogens is 230 g/mol. The molecule has 1 nitrogen and oxygen atoms in total. The molecule has 1 unspecified atom stereocenters. The summed E-state index contributed by atoms with van der Waals surface area (Å²) in [6.45, 7) is 6.40. The van der Waals surface area contributed by atoms with Crippen LogP contribution in [0.4, 0.5) is 0 Å². The third-order valence-corrected chi connectivity index (χ3v) is 3.68. The van der Waals surface area contributed by atoms with Gasteiger partial charge in [0.1, 0.15) is 0 Å². The van der Waals surface area contributed by atoms with E-state index in [1.54, 1.807) is 0 Å². The number of nitrogens with two attached hydrogens (primary N) is 1. The molecule has 0 aliphatic rings. The normalized spacial score (nSPS) is 14.1. The molecule has 0 aromatic heterocycles. The first-order valence-corrected chi connectivity index (χ1v) is 6.99. The van der Waals surface area contributed by atoms with E-state index in [1.807, 2.05) is 0 Å². The van der Waals surface area contributed by atoms with Crippen LogP contribution < -0.4 is 5.73 Å². The Morgan fingerprint density at radius 1 is 1.00 bits per heavy atom. The summed E-state index contributed by atoms with van der Waals surface area (Å²) < 4.78 is 0. The fourth-order valence-corrected chi connectivity index (χ4v) is 2.47. The van der Waals surface area contributed by atoms with Gasteiger partial charge in [-0.25, -0.2) is 0 Å². The van der Waals surface area contributed by atoms with Crippen LogP contribution in [0.25, 0.3) is 0 Å². The first-order valence-electron chi connectivity index (χ1n) is 6.99. The van der Waals surface area contributed by atoms with E-state index in [0.29, 0.717) is 0 Å². The van der Waals surface area contributed by atoms with Crippen molar-refractivity contribution < 1.29 is 0 Å². The second-order valence-corrected chi connectivity index (χ2v) is 5.52. The maximum absolute atomic E-state index is 6.59. The highest BCUT2D eigenvalue weighted by atomic mass is 14.7. The first kappa shape index (κ1) is 13.8. The second-order valence-electron chi connectivity index (χ2n) is 5.52. The van der Waals surface area contributed by atoms with Gasteiger partial charge < -0.3 is 5.73 Å². The third kappa shape index (κ3) is 3.05. The molecule has 0 radical (unpaired) electrons. The van der Waals surface area contributed by atoms with Crippen molar-refractivity contribution >= 4 is 0 Å². The SMILES string of the molecule is CCCc1cccc(C(C)(N)c2cccc(C)c2)c1. The van der Waals surface area contributed by atoms with E-state index in [0.717, 1.165) is 12.8 Å². The van der Waals surface area contributed by atoms with E-state index >= 15 is 0 Å². The highest BCUT2D eigenvalue weighted by molar-refractivity contribution is 5.40. The fraction of sp³-hybridized carbons (Fsp3) is 0.333. The molecule has 0 saturated heterocycles. The topological polar surface area (TPSA) is 26.0 Å². The molecule has 0 bridgehead atoms. The predicted molar refractivity (Wildman–Crippen MR) is 82.3 cm³/mol. The van der Waals surface area contributed by atoms with Crippen molar-refractivity contribution in [1.82, 2.24) is 0 Å². The quantitative estimate of drug-likeness (QED) is 0.869. The molecule has 0 spiro atoms. The lowest BCUT2D eigenvalue weighted by atomic mass is 9.84. The molecule has 19 heavy (non-hydrogen) atoms. The van der Waals surface area contributed by atoms with Crippen LogP contribution in [0, 0.1) is 6.92 Å². The summed E-state index contributed by atoms with van der Waals surface area (Å²) in [6.07, 6.45) is 2.27.